The van der Waals surface area contributed by atoms with Gasteiger partial charge in [-0.1, -0.05) is 32.9 Å². The van der Waals surface area contributed by atoms with Crippen molar-refractivity contribution in [3.05, 3.63) is 35.5 Å². The van der Waals surface area contributed by atoms with E-state index in [0.717, 1.165) is 23.3 Å². The molecule has 1 saturated heterocycles. The number of aromatic nitrogens is 1. The number of aryl methyl sites for hydroxylation is 1. The number of nitrogens with zero attached hydrogens (tertiary/aromatic N) is 2. The minimum atomic E-state index is -0.914. The van der Waals surface area contributed by atoms with Crippen LogP contribution in [-0.2, 0) is 0 Å². The molecule has 4 rings (SSSR count). The number of benzene rings is 1. The summed E-state index contributed by atoms with van der Waals surface area (Å²) in [6.07, 6.45) is 3.65. The number of carboxylic acids is 1. The third-order valence-electron chi connectivity index (χ3n) is 5.90. The minimum Gasteiger partial charge on any atom is -0.478 e. The average molecular weight is 338 g/mol. The maximum absolute atomic E-state index is 11.6. The van der Waals surface area contributed by atoms with Crippen LogP contribution in [0.5, 0.6) is 0 Å². The minimum absolute atomic E-state index is 0.288. The molecule has 0 amide bonds. The van der Waals surface area contributed by atoms with E-state index in [1.807, 2.05) is 19.1 Å². The Morgan fingerprint density at radius 1 is 1.28 bits per heavy atom. The molecule has 1 aliphatic carbocycles. The molecule has 132 valence electrons. The maximum atomic E-state index is 11.6. The van der Waals surface area contributed by atoms with Gasteiger partial charge in [0, 0.05) is 29.4 Å². The topological polar surface area (TPSA) is 53.4 Å². The standard InChI is InChI=1S/C21H26N2O2/c1-13-8-17(15-6-5-7-16(19(24)25)18(15)22-13)23-12-21(4)10-14(23)9-20(2,3)11-21/h5-8,14H,9-12H2,1-4H3,(H,24,25). The summed E-state index contributed by atoms with van der Waals surface area (Å²) < 4.78 is 0. The first-order valence-corrected chi connectivity index (χ1v) is 9.08. The highest BCUT2D eigenvalue weighted by molar-refractivity contribution is 6.05. The lowest BCUT2D eigenvalue weighted by Crippen LogP contribution is -2.34. The molecule has 2 bridgehead atoms. The third kappa shape index (κ3) is 2.68. The van der Waals surface area contributed by atoms with Crippen LogP contribution in [0.25, 0.3) is 10.9 Å². The predicted octanol–water partition coefficient (Wildman–Crippen LogP) is 4.65. The van der Waals surface area contributed by atoms with Crippen molar-refractivity contribution in [2.24, 2.45) is 10.8 Å². The Morgan fingerprint density at radius 2 is 2.04 bits per heavy atom. The molecule has 4 nitrogen and oxygen atoms in total. The Kier molecular flexibility index (Phi) is 3.40. The summed E-state index contributed by atoms with van der Waals surface area (Å²) in [4.78, 5) is 18.7. The maximum Gasteiger partial charge on any atom is 0.337 e. The smallest absolute Gasteiger partial charge is 0.337 e. The van der Waals surface area contributed by atoms with Gasteiger partial charge in [0.05, 0.1) is 11.1 Å². The fraction of sp³-hybridized carbons (Fsp3) is 0.524. The highest BCUT2D eigenvalue weighted by Crippen LogP contribution is 2.54. The summed E-state index contributed by atoms with van der Waals surface area (Å²) in [6.45, 7) is 10.1. The summed E-state index contributed by atoms with van der Waals surface area (Å²) in [5.74, 6) is -0.914. The van der Waals surface area contributed by atoms with Crippen molar-refractivity contribution in [1.82, 2.24) is 4.98 Å². The van der Waals surface area contributed by atoms with E-state index >= 15 is 0 Å². The monoisotopic (exact) mass is 338 g/mol. The predicted molar refractivity (Wildman–Crippen MR) is 100 cm³/mol. The summed E-state index contributed by atoms with van der Waals surface area (Å²) in [5, 5.41) is 10.5. The van der Waals surface area contributed by atoms with Crippen molar-refractivity contribution in [3.63, 3.8) is 0 Å². The normalized spacial score (nSPS) is 27.7. The second-order valence-electron chi connectivity index (χ2n) is 9.13. The number of fused-ring (bicyclic) bond motifs is 3. The Hall–Kier alpha value is -2.10. The molecule has 0 radical (unpaired) electrons. The number of carboxylic acid groups (broad SMARTS) is 1. The largest absolute Gasteiger partial charge is 0.478 e. The molecule has 2 heterocycles. The number of anilines is 1. The Morgan fingerprint density at radius 3 is 2.76 bits per heavy atom. The fourth-order valence-corrected chi connectivity index (χ4v) is 5.51. The van der Waals surface area contributed by atoms with Crippen LogP contribution in [-0.4, -0.2) is 28.6 Å². The number of aromatic carboxylic acids is 1. The lowest BCUT2D eigenvalue weighted by molar-refractivity contribution is 0.0699. The van der Waals surface area contributed by atoms with E-state index in [2.05, 4.69) is 36.7 Å². The molecular formula is C21H26N2O2. The zero-order chi connectivity index (χ0) is 18.0. The van der Waals surface area contributed by atoms with E-state index in [-0.39, 0.29) is 5.56 Å². The molecule has 2 fully saturated rings. The summed E-state index contributed by atoms with van der Waals surface area (Å²) in [5.41, 5.74) is 3.61. The summed E-state index contributed by atoms with van der Waals surface area (Å²) in [6, 6.07) is 8.14. The number of hydrogen-bond acceptors (Lipinski definition) is 3. The van der Waals surface area contributed by atoms with Crippen LogP contribution in [0.3, 0.4) is 0 Å². The molecule has 0 spiro atoms. The van der Waals surface area contributed by atoms with Crippen LogP contribution in [0.4, 0.5) is 5.69 Å². The lowest BCUT2D eigenvalue weighted by atomic mass is 9.65. The van der Waals surface area contributed by atoms with Crippen LogP contribution >= 0.6 is 0 Å². The first kappa shape index (κ1) is 16.4. The SMILES string of the molecule is Cc1cc(N2CC3(C)CC2CC(C)(C)C3)c2cccc(C(=O)O)c2n1. The van der Waals surface area contributed by atoms with Gasteiger partial charge < -0.3 is 10.0 Å². The van der Waals surface area contributed by atoms with Gasteiger partial charge in [-0.3, -0.25) is 4.98 Å². The molecule has 1 saturated carbocycles. The molecule has 2 aliphatic rings. The summed E-state index contributed by atoms with van der Waals surface area (Å²) in [7, 11) is 0. The Bertz CT molecular complexity index is 874. The second-order valence-corrected chi connectivity index (χ2v) is 9.13. The molecule has 1 aromatic heterocycles. The van der Waals surface area contributed by atoms with Gasteiger partial charge in [0.25, 0.3) is 0 Å². The van der Waals surface area contributed by atoms with Gasteiger partial charge in [-0.05, 0) is 49.1 Å². The first-order valence-electron chi connectivity index (χ1n) is 9.08. The van der Waals surface area contributed by atoms with Crippen molar-refractivity contribution in [2.45, 2.75) is 53.0 Å². The first-order chi connectivity index (χ1) is 11.7. The quantitative estimate of drug-likeness (QED) is 0.866. The van der Waals surface area contributed by atoms with E-state index in [9.17, 15) is 9.90 Å². The van der Waals surface area contributed by atoms with Crippen molar-refractivity contribution in [1.29, 1.82) is 0 Å². The van der Waals surface area contributed by atoms with Crippen LogP contribution in [0, 0.1) is 17.8 Å². The van der Waals surface area contributed by atoms with Crippen molar-refractivity contribution in [2.75, 3.05) is 11.4 Å². The van der Waals surface area contributed by atoms with Crippen LogP contribution in [0.15, 0.2) is 24.3 Å². The van der Waals surface area contributed by atoms with Crippen LogP contribution in [0.1, 0.15) is 56.1 Å². The second kappa shape index (κ2) is 5.20. The highest BCUT2D eigenvalue weighted by atomic mass is 16.4. The van der Waals surface area contributed by atoms with Gasteiger partial charge in [-0.15, -0.1) is 0 Å². The molecule has 4 heteroatoms. The van der Waals surface area contributed by atoms with E-state index in [1.165, 1.54) is 19.3 Å². The molecular weight excluding hydrogens is 312 g/mol. The van der Waals surface area contributed by atoms with Crippen molar-refractivity contribution in [3.8, 4) is 0 Å². The van der Waals surface area contributed by atoms with Gasteiger partial charge in [0.15, 0.2) is 0 Å². The molecule has 1 aliphatic heterocycles. The zero-order valence-corrected chi connectivity index (χ0v) is 15.5. The van der Waals surface area contributed by atoms with Crippen LogP contribution in [0.2, 0.25) is 0 Å². The van der Waals surface area contributed by atoms with E-state index in [0.29, 0.717) is 22.4 Å². The van der Waals surface area contributed by atoms with Gasteiger partial charge in [0.2, 0.25) is 0 Å². The third-order valence-corrected chi connectivity index (χ3v) is 5.90. The molecule has 25 heavy (non-hydrogen) atoms. The highest BCUT2D eigenvalue weighted by Gasteiger charge is 2.49. The number of para-hydroxylation sites is 1. The molecule has 2 unspecified atom stereocenters. The van der Waals surface area contributed by atoms with Crippen LogP contribution < -0.4 is 4.90 Å². The van der Waals surface area contributed by atoms with Gasteiger partial charge in [-0.2, -0.15) is 0 Å². The van der Waals surface area contributed by atoms with Gasteiger partial charge in [-0.25, -0.2) is 4.79 Å². The van der Waals surface area contributed by atoms with Gasteiger partial charge in [0.1, 0.15) is 0 Å². The van der Waals surface area contributed by atoms with E-state index in [4.69, 9.17) is 0 Å². The lowest BCUT2D eigenvalue weighted by Gasteiger charge is -2.39. The number of hydrogen-bond donors (Lipinski definition) is 1. The molecule has 1 N–H and O–H groups in total. The Balaban J connectivity index is 1.88. The average Bonchev–Trinajstić information content (AvgIpc) is 2.74. The molecule has 2 atom stereocenters. The fourth-order valence-electron chi connectivity index (χ4n) is 5.51. The molecule has 1 aromatic carbocycles. The van der Waals surface area contributed by atoms with Gasteiger partial charge >= 0.3 is 5.97 Å². The van der Waals surface area contributed by atoms with Crippen molar-refractivity contribution < 1.29 is 9.90 Å². The van der Waals surface area contributed by atoms with Crippen molar-refractivity contribution >= 4 is 22.6 Å². The molecule has 2 aromatic rings. The van der Waals surface area contributed by atoms with E-state index in [1.54, 1.807) is 6.07 Å². The number of pyridine rings is 1. The Labute approximate surface area is 148 Å². The zero-order valence-electron chi connectivity index (χ0n) is 15.5. The van der Waals surface area contributed by atoms with E-state index < -0.39 is 5.97 Å². The summed E-state index contributed by atoms with van der Waals surface area (Å²) >= 11 is 0. The number of carbonyl (C=O) groups is 1. The number of rotatable bonds is 2.